The van der Waals surface area contributed by atoms with Crippen molar-refractivity contribution in [3.05, 3.63) is 29.8 Å². The van der Waals surface area contributed by atoms with Gasteiger partial charge in [-0.1, -0.05) is 25.1 Å². The summed E-state index contributed by atoms with van der Waals surface area (Å²) >= 11 is 0. The molecule has 0 saturated heterocycles. The minimum atomic E-state index is -3.25. The Kier molecular flexibility index (Phi) is 3.29. The van der Waals surface area contributed by atoms with Crippen molar-refractivity contribution in [1.82, 2.24) is 0 Å². The molecule has 1 N–H and O–H groups in total. The topological polar surface area (TPSA) is 54.4 Å². The monoisotopic (exact) mass is 214 g/mol. The summed E-state index contributed by atoms with van der Waals surface area (Å²) in [5.41, 5.74) is 0.484. The van der Waals surface area contributed by atoms with Gasteiger partial charge in [-0.15, -0.1) is 0 Å². The van der Waals surface area contributed by atoms with E-state index in [-0.39, 0.29) is 4.90 Å². The molecule has 0 bridgehead atoms. The molecule has 1 atom stereocenters. The van der Waals surface area contributed by atoms with Gasteiger partial charge in [-0.25, -0.2) is 8.42 Å². The van der Waals surface area contributed by atoms with E-state index in [1.54, 1.807) is 18.2 Å². The zero-order valence-corrected chi connectivity index (χ0v) is 9.08. The molecule has 0 aliphatic heterocycles. The van der Waals surface area contributed by atoms with Gasteiger partial charge in [-0.05, 0) is 18.1 Å². The Labute approximate surface area is 84.3 Å². The van der Waals surface area contributed by atoms with Crippen molar-refractivity contribution < 1.29 is 13.5 Å². The van der Waals surface area contributed by atoms with Crippen molar-refractivity contribution >= 4 is 9.84 Å². The number of hydrogen-bond donors (Lipinski definition) is 1. The molecule has 0 saturated carbocycles. The highest BCUT2D eigenvalue weighted by molar-refractivity contribution is 7.90. The molecule has 0 aliphatic rings. The van der Waals surface area contributed by atoms with E-state index in [0.717, 1.165) is 6.26 Å². The molecule has 1 rings (SSSR count). The van der Waals surface area contributed by atoms with Gasteiger partial charge in [-0.2, -0.15) is 0 Å². The molecule has 0 spiro atoms. The van der Waals surface area contributed by atoms with Gasteiger partial charge in [-0.3, -0.25) is 0 Å². The van der Waals surface area contributed by atoms with Crippen LogP contribution in [-0.4, -0.2) is 19.8 Å². The van der Waals surface area contributed by atoms with Crippen LogP contribution >= 0.6 is 0 Å². The Morgan fingerprint density at radius 1 is 1.36 bits per heavy atom. The maximum Gasteiger partial charge on any atom is 0.175 e. The molecular formula is C10H14O3S. The van der Waals surface area contributed by atoms with Gasteiger partial charge in [0, 0.05) is 6.26 Å². The van der Waals surface area contributed by atoms with Gasteiger partial charge in [0.05, 0.1) is 11.0 Å². The highest BCUT2D eigenvalue weighted by Gasteiger charge is 2.16. The molecule has 0 aliphatic carbocycles. The SMILES string of the molecule is CCC(O)c1ccccc1S(C)(=O)=O. The predicted molar refractivity (Wildman–Crippen MR) is 54.8 cm³/mol. The number of aliphatic hydroxyl groups is 1. The Morgan fingerprint density at radius 2 is 1.93 bits per heavy atom. The Morgan fingerprint density at radius 3 is 2.43 bits per heavy atom. The summed E-state index contributed by atoms with van der Waals surface area (Å²) in [6, 6.07) is 6.54. The fourth-order valence-electron chi connectivity index (χ4n) is 1.31. The second kappa shape index (κ2) is 4.11. The van der Waals surface area contributed by atoms with E-state index in [1.165, 1.54) is 6.07 Å². The summed E-state index contributed by atoms with van der Waals surface area (Å²) in [5.74, 6) is 0. The number of sulfone groups is 1. The van der Waals surface area contributed by atoms with E-state index in [4.69, 9.17) is 0 Å². The van der Waals surface area contributed by atoms with Crippen LogP contribution in [0.1, 0.15) is 25.0 Å². The first-order chi connectivity index (χ1) is 6.46. The lowest BCUT2D eigenvalue weighted by atomic mass is 10.1. The first-order valence-electron chi connectivity index (χ1n) is 4.44. The fourth-order valence-corrected chi connectivity index (χ4v) is 2.27. The molecule has 14 heavy (non-hydrogen) atoms. The Hall–Kier alpha value is -0.870. The van der Waals surface area contributed by atoms with Crippen molar-refractivity contribution in [2.75, 3.05) is 6.26 Å². The number of hydrogen-bond acceptors (Lipinski definition) is 3. The van der Waals surface area contributed by atoms with Gasteiger partial charge < -0.3 is 5.11 Å². The highest BCUT2D eigenvalue weighted by atomic mass is 32.2. The molecule has 1 aromatic carbocycles. The molecular weight excluding hydrogens is 200 g/mol. The first-order valence-corrected chi connectivity index (χ1v) is 6.33. The minimum Gasteiger partial charge on any atom is -0.388 e. The van der Waals surface area contributed by atoms with Gasteiger partial charge in [0.2, 0.25) is 0 Å². The van der Waals surface area contributed by atoms with Crippen LogP contribution < -0.4 is 0 Å². The average Bonchev–Trinajstić information content (AvgIpc) is 2.15. The molecule has 78 valence electrons. The quantitative estimate of drug-likeness (QED) is 0.830. The van der Waals surface area contributed by atoms with E-state index in [2.05, 4.69) is 0 Å². The van der Waals surface area contributed by atoms with Crippen molar-refractivity contribution in [1.29, 1.82) is 0 Å². The maximum absolute atomic E-state index is 11.4. The summed E-state index contributed by atoms with van der Waals surface area (Å²) in [6.07, 6.45) is 0.946. The van der Waals surface area contributed by atoms with Crippen LogP contribution in [0.5, 0.6) is 0 Å². The van der Waals surface area contributed by atoms with Crippen LogP contribution in [0.4, 0.5) is 0 Å². The van der Waals surface area contributed by atoms with E-state index in [9.17, 15) is 13.5 Å². The molecule has 0 heterocycles. The Balaban J connectivity index is 3.30. The lowest BCUT2D eigenvalue weighted by molar-refractivity contribution is 0.170. The van der Waals surface area contributed by atoms with Crippen LogP contribution in [0.2, 0.25) is 0 Å². The largest absolute Gasteiger partial charge is 0.388 e. The number of rotatable bonds is 3. The zero-order valence-electron chi connectivity index (χ0n) is 8.27. The molecule has 1 unspecified atom stereocenters. The van der Waals surface area contributed by atoms with Crippen LogP contribution in [0.3, 0.4) is 0 Å². The molecule has 0 fully saturated rings. The summed E-state index contributed by atoms with van der Waals surface area (Å²) in [5, 5.41) is 9.61. The lowest BCUT2D eigenvalue weighted by Crippen LogP contribution is -2.05. The molecule has 1 aromatic rings. The van der Waals surface area contributed by atoms with Gasteiger partial charge in [0.1, 0.15) is 0 Å². The standard InChI is InChI=1S/C10H14O3S/c1-3-9(11)8-6-4-5-7-10(8)14(2,12)13/h4-7,9,11H,3H2,1-2H3. The second-order valence-electron chi connectivity index (χ2n) is 3.23. The van der Waals surface area contributed by atoms with E-state index < -0.39 is 15.9 Å². The Bertz CT molecular complexity index is 409. The predicted octanol–water partition coefficient (Wildman–Crippen LogP) is 1.53. The molecule has 0 amide bonds. The summed E-state index contributed by atoms with van der Waals surface area (Å²) in [6.45, 7) is 1.81. The first kappa shape index (κ1) is 11.2. The highest BCUT2D eigenvalue weighted by Crippen LogP contribution is 2.23. The normalized spacial score (nSPS) is 13.9. The zero-order chi connectivity index (χ0) is 10.8. The van der Waals surface area contributed by atoms with Crippen molar-refractivity contribution in [3.63, 3.8) is 0 Å². The summed E-state index contributed by atoms with van der Waals surface area (Å²) < 4.78 is 22.7. The van der Waals surface area contributed by atoms with Crippen LogP contribution in [-0.2, 0) is 9.84 Å². The van der Waals surface area contributed by atoms with Crippen molar-refractivity contribution in [2.24, 2.45) is 0 Å². The molecule has 4 heteroatoms. The van der Waals surface area contributed by atoms with E-state index in [0.29, 0.717) is 12.0 Å². The maximum atomic E-state index is 11.4. The number of aliphatic hydroxyl groups excluding tert-OH is 1. The smallest absolute Gasteiger partial charge is 0.175 e. The fraction of sp³-hybridized carbons (Fsp3) is 0.400. The lowest BCUT2D eigenvalue weighted by Gasteiger charge is -2.12. The third-order valence-electron chi connectivity index (χ3n) is 2.06. The van der Waals surface area contributed by atoms with Gasteiger partial charge in [0.25, 0.3) is 0 Å². The third kappa shape index (κ3) is 2.33. The second-order valence-corrected chi connectivity index (χ2v) is 5.22. The summed E-state index contributed by atoms with van der Waals surface area (Å²) in [7, 11) is -3.25. The van der Waals surface area contributed by atoms with E-state index >= 15 is 0 Å². The number of benzene rings is 1. The van der Waals surface area contributed by atoms with Crippen molar-refractivity contribution in [3.8, 4) is 0 Å². The van der Waals surface area contributed by atoms with Crippen LogP contribution in [0.25, 0.3) is 0 Å². The molecule has 0 radical (unpaired) electrons. The summed E-state index contributed by atoms with van der Waals surface area (Å²) in [4.78, 5) is 0.217. The molecule has 3 nitrogen and oxygen atoms in total. The van der Waals surface area contributed by atoms with Gasteiger partial charge >= 0.3 is 0 Å². The van der Waals surface area contributed by atoms with Crippen molar-refractivity contribution in [2.45, 2.75) is 24.3 Å². The van der Waals surface area contributed by atoms with Crippen LogP contribution in [0, 0.1) is 0 Å². The minimum absolute atomic E-state index is 0.217. The van der Waals surface area contributed by atoms with Gasteiger partial charge in [0.15, 0.2) is 9.84 Å². The van der Waals surface area contributed by atoms with E-state index in [1.807, 2.05) is 6.92 Å². The molecule has 0 aromatic heterocycles. The average molecular weight is 214 g/mol. The van der Waals surface area contributed by atoms with Crippen LogP contribution in [0.15, 0.2) is 29.2 Å². The third-order valence-corrected chi connectivity index (χ3v) is 3.23.